The van der Waals surface area contributed by atoms with Crippen LogP contribution in [0, 0.1) is 20.8 Å². The maximum absolute atomic E-state index is 6.22. The summed E-state index contributed by atoms with van der Waals surface area (Å²) in [5, 5.41) is 3.22. The molecule has 1 atom stereocenters. The van der Waals surface area contributed by atoms with E-state index in [-0.39, 0.29) is 6.04 Å². The van der Waals surface area contributed by atoms with Crippen LogP contribution in [0.25, 0.3) is 0 Å². The van der Waals surface area contributed by atoms with Crippen LogP contribution in [-0.2, 0) is 0 Å². The lowest BCUT2D eigenvalue weighted by Crippen LogP contribution is -2.10. The van der Waals surface area contributed by atoms with Gasteiger partial charge in [-0.15, -0.1) is 22.7 Å². The van der Waals surface area contributed by atoms with E-state index < -0.39 is 0 Å². The van der Waals surface area contributed by atoms with Crippen molar-refractivity contribution < 1.29 is 0 Å². The number of aryl methyl sites for hydroxylation is 3. The molecule has 2 aromatic heterocycles. The summed E-state index contributed by atoms with van der Waals surface area (Å²) in [7, 11) is 0. The molecule has 0 bridgehead atoms. The van der Waals surface area contributed by atoms with Gasteiger partial charge in [-0.3, -0.25) is 0 Å². The van der Waals surface area contributed by atoms with Crippen LogP contribution in [0.3, 0.4) is 0 Å². The van der Waals surface area contributed by atoms with Crippen LogP contribution in [0.2, 0.25) is 0 Å². The molecule has 0 amide bonds. The molecule has 0 saturated heterocycles. The summed E-state index contributed by atoms with van der Waals surface area (Å²) >= 11 is 3.44. The van der Waals surface area contributed by atoms with E-state index in [9.17, 15) is 0 Å². The predicted molar refractivity (Wildman–Crippen MR) is 66.7 cm³/mol. The van der Waals surface area contributed by atoms with Gasteiger partial charge in [0.2, 0.25) is 0 Å². The fraction of sp³-hybridized carbons (Fsp3) is 0.364. The van der Waals surface area contributed by atoms with Gasteiger partial charge < -0.3 is 5.73 Å². The fourth-order valence-corrected chi connectivity index (χ4v) is 3.31. The molecule has 0 aliphatic carbocycles. The number of aromatic nitrogens is 1. The zero-order valence-corrected chi connectivity index (χ0v) is 10.7. The van der Waals surface area contributed by atoms with Gasteiger partial charge in [0.05, 0.1) is 16.7 Å². The molecule has 0 aliphatic rings. The topological polar surface area (TPSA) is 38.9 Å². The van der Waals surface area contributed by atoms with Crippen LogP contribution >= 0.6 is 22.7 Å². The van der Waals surface area contributed by atoms with Gasteiger partial charge in [0.15, 0.2) is 0 Å². The van der Waals surface area contributed by atoms with Gasteiger partial charge >= 0.3 is 0 Å². The SMILES string of the molecule is Cc1cc(C(N)c2sc(C)nc2C)cs1. The highest BCUT2D eigenvalue weighted by Gasteiger charge is 2.16. The van der Waals surface area contributed by atoms with Crippen molar-refractivity contribution in [2.45, 2.75) is 26.8 Å². The van der Waals surface area contributed by atoms with Gasteiger partial charge in [0.1, 0.15) is 0 Å². The van der Waals surface area contributed by atoms with Crippen molar-refractivity contribution in [3.05, 3.63) is 37.5 Å². The number of nitrogens with two attached hydrogens (primary N) is 1. The Balaban J connectivity index is 2.35. The van der Waals surface area contributed by atoms with Crippen molar-refractivity contribution >= 4 is 22.7 Å². The lowest BCUT2D eigenvalue weighted by molar-refractivity contribution is 0.881. The Kier molecular flexibility index (Phi) is 2.91. The van der Waals surface area contributed by atoms with Crippen LogP contribution < -0.4 is 5.73 Å². The van der Waals surface area contributed by atoms with Crippen LogP contribution in [0.5, 0.6) is 0 Å². The predicted octanol–water partition coefficient (Wildman–Crippen LogP) is 3.18. The molecule has 0 spiro atoms. The maximum atomic E-state index is 6.22. The summed E-state index contributed by atoms with van der Waals surface area (Å²) in [4.78, 5) is 6.90. The van der Waals surface area contributed by atoms with E-state index in [2.05, 4.69) is 23.4 Å². The van der Waals surface area contributed by atoms with E-state index in [1.807, 2.05) is 13.8 Å². The summed E-state index contributed by atoms with van der Waals surface area (Å²) in [6.45, 7) is 6.15. The number of hydrogen-bond acceptors (Lipinski definition) is 4. The summed E-state index contributed by atoms with van der Waals surface area (Å²) < 4.78 is 0. The largest absolute Gasteiger partial charge is 0.320 e. The van der Waals surface area contributed by atoms with Crippen molar-refractivity contribution in [1.29, 1.82) is 0 Å². The Hall–Kier alpha value is -0.710. The first-order chi connectivity index (χ1) is 7.08. The summed E-state index contributed by atoms with van der Waals surface area (Å²) in [6, 6.07) is 2.14. The van der Waals surface area contributed by atoms with E-state index >= 15 is 0 Å². The van der Waals surface area contributed by atoms with Crippen molar-refractivity contribution in [2.24, 2.45) is 5.73 Å². The Morgan fingerprint density at radius 2 is 2.07 bits per heavy atom. The third-order valence-corrected chi connectivity index (χ3v) is 4.37. The van der Waals surface area contributed by atoms with Crippen molar-refractivity contribution in [2.75, 3.05) is 0 Å². The van der Waals surface area contributed by atoms with Crippen molar-refractivity contribution in [3.8, 4) is 0 Å². The van der Waals surface area contributed by atoms with Crippen LogP contribution in [-0.4, -0.2) is 4.98 Å². The van der Waals surface area contributed by atoms with Gasteiger partial charge in [-0.25, -0.2) is 4.98 Å². The number of thiazole rings is 1. The van der Waals surface area contributed by atoms with E-state index in [1.165, 1.54) is 15.3 Å². The Labute approximate surface area is 97.8 Å². The average molecular weight is 238 g/mol. The molecule has 0 saturated carbocycles. The van der Waals surface area contributed by atoms with E-state index in [0.717, 1.165) is 10.7 Å². The lowest BCUT2D eigenvalue weighted by atomic mass is 10.1. The first-order valence-corrected chi connectivity index (χ1v) is 6.52. The Morgan fingerprint density at radius 1 is 1.33 bits per heavy atom. The van der Waals surface area contributed by atoms with Crippen LogP contribution in [0.1, 0.15) is 32.1 Å². The van der Waals surface area contributed by atoms with Crippen molar-refractivity contribution in [1.82, 2.24) is 4.98 Å². The minimum atomic E-state index is -0.0128. The molecule has 4 heteroatoms. The normalized spacial score (nSPS) is 13.1. The highest BCUT2D eigenvalue weighted by atomic mass is 32.1. The summed E-state index contributed by atoms with van der Waals surface area (Å²) in [5.41, 5.74) is 8.48. The zero-order valence-electron chi connectivity index (χ0n) is 9.07. The molecular formula is C11H14N2S2. The number of hydrogen-bond donors (Lipinski definition) is 1. The molecule has 0 aliphatic heterocycles. The average Bonchev–Trinajstić information content (AvgIpc) is 2.71. The molecule has 1 unspecified atom stereocenters. The Bertz CT molecular complexity index is 471. The molecule has 80 valence electrons. The molecule has 0 radical (unpaired) electrons. The first-order valence-electron chi connectivity index (χ1n) is 4.82. The zero-order chi connectivity index (χ0) is 11.0. The standard InChI is InChI=1S/C11H14N2S2/c1-6-4-9(5-14-6)10(12)11-7(2)13-8(3)15-11/h4-5,10H,12H2,1-3H3. The third-order valence-electron chi connectivity index (χ3n) is 2.33. The van der Waals surface area contributed by atoms with Gasteiger partial charge in [-0.1, -0.05) is 0 Å². The van der Waals surface area contributed by atoms with Crippen LogP contribution in [0.15, 0.2) is 11.4 Å². The molecule has 2 nitrogen and oxygen atoms in total. The molecule has 0 aromatic carbocycles. The second kappa shape index (κ2) is 4.04. The van der Waals surface area contributed by atoms with Gasteiger partial charge in [-0.05, 0) is 37.8 Å². The highest BCUT2D eigenvalue weighted by molar-refractivity contribution is 7.12. The van der Waals surface area contributed by atoms with Gasteiger partial charge in [0.25, 0.3) is 0 Å². The highest BCUT2D eigenvalue weighted by Crippen LogP contribution is 2.30. The number of thiophene rings is 1. The first kappa shape index (κ1) is 10.8. The molecule has 2 rings (SSSR count). The third kappa shape index (κ3) is 2.12. The molecule has 15 heavy (non-hydrogen) atoms. The van der Waals surface area contributed by atoms with Gasteiger partial charge in [-0.2, -0.15) is 0 Å². The molecule has 0 fully saturated rings. The summed E-state index contributed by atoms with van der Waals surface area (Å²) in [6.07, 6.45) is 0. The number of nitrogens with zero attached hydrogens (tertiary/aromatic N) is 1. The van der Waals surface area contributed by atoms with E-state index in [4.69, 9.17) is 5.73 Å². The molecular weight excluding hydrogens is 224 g/mol. The summed E-state index contributed by atoms with van der Waals surface area (Å²) in [5.74, 6) is 0. The minimum absolute atomic E-state index is 0.0128. The quantitative estimate of drug-likeness (QED) is 0.872. The maximum Gasteiger partial charge on any atom is 0.0900 e. The lowest BCUT2D eigenvalue weighted by Gasteiger charge is -2.07. The molecule has 2 N–H and O–H groups in total. The Morgan fingerprint density at radius 3 is 2.53 bits per heavy atom. The second-order valence-electron chi connectivity index (χ2n) is 3.65. The van der Waals surface area contributed by atoms with Crippen molar-refractivity contribution in [3.63, 3.8) is 0 Å². The smallest absolute Gasteiger partial charge is 0.0900 e. The fourth-order valence-electron chi connectivity index (χ4n) is 1.61. The van der Waals surface area contributed by atoms with Gasteiger partial charge in [0, 0.05) is 9.75 Å². The van der Waals surface area contributed by atoms with E-state index in [0.29, 0.717) is 0 Å². The van der Waals surface area contributed by atoms with E-state index in [1.54, 1.807) is 22.7 Å². The molecule has 2 heterocycles. The number of rotatable bonds is 2. The second-order valence-corrected chi connectivity index (χ2v) is 6.00. The minimum Gasteiger partial charge on any atom is -0.320 e. The monoisotopic (exact) mass is 238 g/mol. The van der Waals surface area contributed by atoms with Crippen LogP contribution in [0.4, 0.5) is 0 Å². The molecule has 2 aromatic rings.